The molecule has 3 aromatic carbocycles. The molecule has 0 saturated carbocycles. The number of benzene rings is 3. The topological polar surface area (TPSA) is 0 Å². The van der Waals surface area contributed by atoms with Gasteiger partial charge in [-0.2, -0.15) is 0 Å². The predicted octanol–water partition coefficient (Wildman–Crippen LogP) is 8.20. The summed E-state index contributed by atoms with van der Waals surface area (Å²) in [6.45, 7) is 11.1. The van der Waals surface area contributed by atoms with Gasteiger partial charge in [-0.1, -0.05) is 104 Å². The molecule has 0 unspecified atom stereocenters. The Hall–Kier alpha value is -2.38. The SMILES string of the molecule is C=C(/C=C\c1ccc2cc(C(C)(C)C)cc3c2c1CC=C3)c1ccc(Br)cc1. The highest BCUT2D eigenvalue weighted by atomic mass is 79.9. The largest absolute Gasteiger partial charge is 0.0912 e. The number of halogens is 1. The third-order valence-corrected chi connectivity index (χ3v) is 5.99. The first-order valence-electron chi connectivity index (χ1n) is 9.72. The average Bonchev–Trinajstić information content (AvgIpc) is 2.67. The van der Waals surface area contributed by atoms with Gasteiger partial charge in [-0.25, -0.2) is 0 Å². The van der Waals surface area contributed by atoms with Crippen LogP contribution < -0.4 is 0 Å². The van der Waals surface area contributed by atoms with E-state index < -0.39 is 0 Å². The Kier molecular flexibility index (Phi) is 4.89. The third-order valence-electron chi connectivity index (χ3n) is 5.46. The van der Waals surface area contributed by atoms with Crippen molar-refractivity contribution >= 4 is 44.4 Å². The molecule has 0 N–H and O–H groups in total. The van der Waals surface area contributed by atoms with E-state index in [9.17, 15) is 0 Å². The summed E-state index contributed by atoms with van der Waals surface area (Å²) in [5.74, 6) is 0. The van der Waals surface area contributed by atoms with Gasteiger partial charge in [-0.15, -0.1) is 0 Å². The normalized spacial score (nSPS) is 13.4. The van der Waals surface area contributed by atoms with E-state index in [4.69, 9.17) is 0 Å². The molecule has 0 aromatic heterocycles. The van der Waals surface area contributed by atoms with Crippen LogP contribution in [0.3, 0.4) is 0 Å². The van der Waals surface area contributed by atoms with Crippen molar-refractivity contribution in [3.8, 4) is 0 Å². The fraction of sp³-hybridized carbons (Fsp3) is 0.185. The average molecular weight is 429 g/mol. The Morgan fingerprint density at radius 2 is 1.79 bits per heavy atom. The molecule has 4 rings (SSSR count). The number of allylic oxidation sites excluding steroid dienone is 3. The Labute approximate surface area is 176 Å². The second kappa shape index (κ2) is 7.22. The van der Waals surface area contributed by atoms with Crippen molar-refractivity contribution in [2.24, 2.45) is 0 Å². The Morgan fingerprint density at radius 1 is 1.04 bits per heavy atom. The Balaban J connectivity index is 1.75. The molecule has 1 aliphatic rings. The van der Waals surface area contributed by atoms with E-state index >= 15 is 0 Å². The van der Waals surface area contributed by atoms with Crippen LogP contribution in [0.4, 0.5) is 0 Å². The third kappa shape index (κ3) is 3.64. The standard InChI is InChI=1S/C27H25Br/c1-18(19-12-14-24(28)15-13-19)8-9-20-10-11-22-17-23(27(2,3)4)16-21-6-5-7-25(20)26(21)22/h5-6,8-17H,1,7H2,2-4H3/b9-8-. The fourth-order valence-electron chi connectivity index (χ4n) is 3.79. The Morgan fingerprint density at radius 3 is 2.50 bits per heavy atom. The molecular weight excluding hydrogens is 404 g/mol. The quantitative estimate of drug-likeness (QED) is 0.368. The van der Waals surface area contributed by atoms with Gasteiger partial charge >= 0.3 is 0 Å². The summed E-state index contributed by atoms with van der Waals surface area (Å²) in [7, 11) is 0. The predicted molar refractivity (Wildman–Crippen MR) is 128 cm³/mol. The van der Waals surface area contributed by atoms with E-state index in [0.29, 0.717) is 0 Å². The van der Waals surface area contributed by atoms with Crippen molar-refractivity contribution in [1.29, 1.82) is 0 Å². The van der Waals surface area contributed by atoms with Crippen LogP contribution >= 0.6 is 15.9 Å². The van der Waals surface area contributed by atoms with Crippen LogP contribution in [-0.2, 0) is 11.8 Å². The maximum absolute atomic E-state index is 4.24. The van der Waals surface area contributed by atoms with Gasteiger partial charge in [0, 0.05) is 4.47 Å². The summed E-state index contributed by atoms with van der Waals surface area (Å²) < 4.78 is 1.08. The molecule has 1 heteroatoms. The molecule has 28 heavy (non-hydrogen) atoms. The fourth-order valence-corrected chi connectivity index (χ4v) is 4.05. The number of rotatable bonds is 3. The highest BCUT2D eigenvalue weighted by Crippen LogP contribution is 2.36. The smallest absolute Gasteiger partial charge is 0.0175 e. The molecule has 0 spiro atoms. The lowest BCUT2D eigenvalue weighted by Crippen LogP contribution is -2.12. The summed E-state index contributed by atoms with van der Waals surface area (Å²) in [6.07, 6.45) is 9.87. The first kappa shape index (κ1) is 19.0. The van der Waals surface area contributed by atoms with Crippen LogP contribution in [-0.4, -0.2) is 0 Å². The molecule has 0 heterocycles. The van der Waals surface area contributed by atoms with Gasteiger partial charge in [-0.05, 0) is 68.1 Å². The maximum atomic E-state index is 4.24. The van der Waals surface area contributed by atoms with Crippen LogP contribution in [0, 0.1) is 0 Å². The molecule has 0 aliphatic heterocycles. The molecule has 3 aromatic rings. The molecule has 0 bridgehead atoms. The highest BCUT2D eigenvalue weighted by Gasteiger charge is 2.18. The first-order valence-corrected chi connectivity index (χ1v) is 10.5. The molecule has 1 aliphatic carbocycles. The van der Waals surface area contributed by atoms with Crippen LogP contribution in [0.5, 0.6) is 0 Å². The van der Waals surface area contributed by atoms with Crippen LogP contribution in [0.15, 0.2) is 71.7 Å². The zero-order valence-electron chi connectivity index (χ0n) is 16.7. The van der Waals surface area contributed by atoms with E-state index in [1.165, 1.54) is 33.0 Å². The minimum Gasteiger partial charge on any atom is -0.0912 e. The van der Waals surface area contributed by atoms with Crippen molar-refractivity contribution in [2.75, 3.05) is 0 Å². The number of hydrogen-bond donors (Lipinski definition) is 0. The van der Waals surface area contributed by atoms with Gasteiger partial charge in [0.15, 0.2) is 0 Å². The van der Waals surface area contributed by atoms with E-state index in [1.54, 1.807) is 0 Å². The van der Waals surface area contributed by atoms with Crippen molar-refractivity contribution in [1.82, 2.24) is 0 Å². The van der Waals surface area contributed by atoms with Gasteiger partial charge in [0.1, 0.15) is 0 Å². The Bertz CT molecular complexity index is 1120. The van der Waals surface area contributed by atoms with E-state index in [0.717, 1.165) is 22.0 Å². The van der Waals surface area contributed by atoms with Crippen molar-refractivity contribution in [3.63, 3.8) is 0 Å². The van der Waals surface area contributed by atoms with E-state index in [2.05, 4.69) is 116 Å². The maximum Gasteiger partial charge on any atom is 0.0175 e. The van der Waals surface area contributed by atoms with Gasteiger partial charge in [0.05, 0.1) is 0 Å². The summed E-state index contributed by atoms with van der Waals surface area (Å²) in [5.41, 5.74) is 7.73. The van der Waals surface area contributed by atoms with Gasteiger partial charge in [0.25, 0.3) is 0 Å². The molecule has 0 saturated heterocycles. The van der Waals surface area contributed by atoms with E-state index in [-0.39, 0.29) is 5.41 Å². The molecule has 0 fully saturated rings. The molecular formula is C27H25Br. The first-order chi connectivity index (χ1) is 13.3. The van der Waals surface area contributed by atoms with E-state index in [1.807, 2.05) is 0 Å². The van der Waals surface area contributed by atoms with Crippen molar-refractivity contribution in [3.05, 3.63) is 99.6 Å². The highest BCUT2D eigenvalue weighted by molar-refractivity contribution is 9.10. The summed E-state index contributed by atoms with van der Waals surface area (Å²) in [5, 5.41) is 2.73. The zero-order chi connectivity index (χ0) is 19.9. The lowest BCUT2D eigenvalue weighted by molar-refractivity contribution is 0.591. The molecule has 0 amide bonds. The summed E-state index contributed by atoms with van der Waals surface area (Å²) >= 11 is 3.49. The second-order valence-electron chi connectivity index (χ2n) is 8.52. The van der Waals surface area contributed by atoms with Crippen molar-refractivity contribution in [2.45, 2.75) is 32.6 Å². The van der Waals surface area contributed by atoms with Crippen LogP contribution in [0.25, 0.3) is 28.5 Å². The molecule has 0 radical (unpaired) electrons. The monoisotopic (exact) mass is 428 g/mol. The molecule has 0 nitrogen and oxygen atoms in total. The summed E-state index contributed by atoms with van der Waals surface area (Å²) in [4.78, 5) is 0. The minimum atomic E-state index is 0.150. The second-order valence-corrected chi connectivity index (χ2v) is 9.43. The minimum absolute atomic E-state index is 0.150. The lowest BCUT2D eigenvalue weighted by atomic mass is 9.81. The lowest BCUT2D eigenvalue weighted by Gasteiger charge is -2.23. The zero-order valence-corrected chi connectivity index (χ0v) is 18.3. The van der Waals surface area contributed by atoms with Gasteiger partial charge < -0.3 is 0 Å². The number of hydrogen-bond acceptors (Lipinski definition) is 0. The van der Waals surface area contributed by atoms with Gasteiger partial charge in [0.2, 0.25) is 0 Å². The van der Waals surface area contributed by atoms with Crippen molar-refractivity contribution < 1.29 is 0 Å². The van der Waals surface area contributed by atoms with Crippen LogP contribution in [0.1, 0.15) is 48.6 Å². The molecule has 140 valence electrons. The molecule has 0 atom stereocenters. The summed E-state index contributed by atoms with van der Waals surface area (Å²) in [6, 6.07) is 17.5. The van der Waals surface area contributed by atoms with Crippen LogP contribution in [0.2, 0.25) is 0 Å². The van der Waals surface area contributed by atoms with Gasteiger partial charge in [-0.3, -0.25) is 0 Å².